The largest absolute Gasteiger partial charge is 0.871 e. The van der Waals surface area contributed by atoms with Crippen molar-refractivity contribution in [3.8, 4) is 18.2 Å². The monoisotopic (exact) mass is 634 g/mol. The molecule has 9 heteroatoms. The standard InChI is InChI=1S/2C16H36N.C4BN3O3/c2*1-5-9-13-17(14-10-6-2,15-11-7-3)16-12-8-4;6-1-4(2-7,3-8)11-5(9)10/h2*5-16H2,1-4H3;/q2*+1;-2. The highest BCUT2D eigenvalue weighted by molar-refractivity contribution is 6.28. The lowest BCUT2D eigenvalue weighted by Crippen LogP contribution is -2.53. The minimum absolute atomic E-state index is 1.10. The van der Waals surface area contributed by atoms with E-state index in [-0.39, 0.29) is 0 Å². The second kappa shape index (κ2) is 32.3. The summed E-state index contributed by atoms with van der Waals surface area (Å²) in [5, 5.41) is 44.0. The van der Waals surface area contributed by atoms with Gasteiger partial charge in [0.1, 0.15) is 18.2 Å². The van der Waals surface area contributed by atoms with Crippen LogP contribution in [0.5, 0.6) is 0 Å². The van der Waals surface area contributed by atoms with Crippen LogP contribution in [0.4, 0.5) is 0 Å². The van der Waals surface area contributed by atoms with Gasteiger partial charge < -0.3 is 23.7 Å². The fraction of sp³-hybridized carbons (Fsp3) is 0.917. The number of hydrogen-bond acceptors (Lipinski definition) is 6. The van der Waals surface area contributed by atoms with Gasteiger partial charge in [0.15, 0.2) is 0 Å². The van der Waals surface area contributed by atoms with Crippen molar-refractivity contribution in [2.24, 2.45) is 0 Å². The van der Waals surface area contributed by atoms with Crippen molar-refractivity contribution >= 4 is 7.32 Å². The highest BCUT2D eigenvalue weighted by Crippen LogP contribution is 2.17. The summed E-state index contributed by atoms with van der Waals surface area (Å²) in [5.74, 6) is 0. The summed E-state index contributed by atoms with van der Waals surface area (Å²) in [4.78, 5) is 0. The van der Waals surface area contributed by atoms with Crippen molar-refractivity contribution in [2.75, 3.05) is 52.4 Å². The van der Waals surface area contributed by atoms with Crippen LogP contribution in [0.3, 0.4) is 0 Å². The van der Waals surface area contributed by atoms with Crippen molar-refractivity contribution in [3.05, 3.63) is 0 Å². The Hall–Kier alpha value is -1.67. The van der Waals surface area contributed by atoms with Gasteiger partial charge in [-0.3, -0.25) is 0 Å². The molecule has 0 spiro atoms. The zero-order chi connectivity index (χ0) is 34.9. The van der Waals surface area contributed by atoms with E-state index in [4.69, 9.17) is 15.8 Å². The molecule has 0 radical (unpaired) electrons. The first kappa shape index (κ1) is 47.7. The molecule has 262 valence electrons. The van der Waals surface area contributed by atoms with Crippen LogP contribution in [0.1, 0.15) is 158 Å². The second-order valence-corrected chi connectivity index (χ2v) is 12.7. The van der Waals surface area contributed by atoms with E-state index in [1.54, 1.807) is 0 Å². The van der Waals surface area contributed by atoms with E-state index in [0.29, 0.717) is 0 Å². The molecule has 0 bridgehead atoms. The van der Waals surface area contributed by atoms with Crippen LogP contribution < -0.4 is 10.0 Å². The maximum atomic E-state index is 9.79. The molecular weight excluding hydrogens is 561 g/mol. The zero-order valence-electron chi connectivity index (χ0n) is 31.0. The van der Waals surface area contributed by atoms with Crippen LogP contribution in [0, 0.1) is 34.0 Å². The third kappa shape index (κ3) is 25.1. The number of quaternary nitrogens is 2. The summed E-state index contributed by atoms with van der Waals surface area (Å²) in [6.07, 6.45) is 22.1. The molecule has 45 heavy (non-hydrogen) atoms. The number of nitriles is 3. The van der Waals surface area contributed by atoms with E-state index >= 15 is 0 Å². The van der Waals surface area contributed by atoms with Crippen LogP contribution in [0.25, 0.3) is 0 Å². The SMILES string of the molecule is CCCC[N+](CCCC)(CCCC)CCCC.CCCC[N+](CCCC)(CCCC)CCCC.N#CC(C#N)(C#N)OB([O-])[O-]. The number of unbranched alkanes of at least 4 members (excludes halogenated alkanes) is 8. The Balaban J connectivity index is -0.000000604. The van der Waals surface area contributed by atoms with Gasteiger partial charge in [-0.2, -0.15) is 15.8 Å². The lowest BCUT2D eigenvalue weighted by atomic mass is 10.1. The molecule has 0 aliphatic carbocycles. The predicted octanol–water partition coefficient (Wildman–Crippen LogP) is 7.03. The van der Waals surface area contributed by atoms with Crippen molar-refractivity contribution in [1.29, 1.82) is 15.8 Å². The lowest BCUT2D eigenvalue weighted by molar-refractivity contribution is -0.929. The molecule has 0 saturated carbocycles. The average Bonchev–Trinajstić information content (AvgIpc) is 3.06. The molecule has 0 aromatic heterocycles. The first-order valence-corrected chi connectivity index (χ1v) is 18.5. The van der Waals surface area contributed by atoms with E-state index in [9.17, 15) is 10.0 Å². The molecule has 0 aliphatic heterocycles. The van der Waals surface area contributed by atoms with Crippen molar-refractivity contribution in [1.82, 2.24) is 0 Å². The molecule has 0 amide bonds. The third-order valence-electron chi connectivity index (χ3n) is 8.63. The molecule has 0 unspecified atom stereocenters. The number of nitrogens with zero attached hydrogens (tertiary/aromatic N) is 5. The molecule has 0 aromatic carbocycles. The topological polar surface area (TPSA) is 127 Å². The van der Waals surface area contributed by atoms with E-state index in [1.807, 2.05) is 0 Å². The summed E-state index contributed by atoms with van der Waals surface area (Å²) >= 11 is 0. The minimum Gasteiger partial charge on any atom is -0.871 e. The quantitative estimate of drug-likeness (QED) is 0.0744. The van der Waals surface area contributed by atoms with Crippen LogP contribution in [0.15, 0.2) is 0 Å². The van der Waals surface area contributed by atoms with Crippen LogP contribution in [0.2, 0.25) is 0 Å². The van der Waals surface area contributed by atoms with Gasteiger partial charge in [-0.1, -0.05) is 107 Å². The van der Waals surface area contributed by atoms with Gasteiger partial charge in [0.05, 0.1) is 59.7 Å². The Labute approximate surface area is 280 Å². The maximum absolute atomic E-state index is 9.79. The number of hydrogen-bond donors (Lipinski definition) is 0. The maximum Gasteiger partial charge on any atom is 0.313 e. The molecule has 0 N–H and O–H groups in total. The lowest BCUT2D eigenvalue weighted by Gasteiger charge is -2.39. The Kier molecular flexibility index (Phi) is 34.2. The fourth-order valence-corrected chi connectivity index (χ4v) is 5.59. The molecule has 0 heterocycles. The predicted molar refractivity (Wildman–Crippen MR) is 185 cm³/mol. The molecule has 0 atom stereocenters. The van der Waals surface area contributed by atoms with Gasteiger partial charge in [0, 0.05) is 0 Å². The Bertz CT molecular complexity index is 629. The van der Waals surface area contributed by atoms with Gasteiger partial charge in [-0.05, 0) is 51.4 Å². The Morgan fingerprint density at radius 3 is 0.711 bits per heavy atom. The van der Waals surface area contributed by atoms with Crippen LogP contribution in [-0.4, -0.2) is 74.2 Å². The Morgan fingerprint density at radius 1 is 0.444 bits per heavy atom. The van der Waals surface area contributed by atoms with E-state index in [2.05, 4.69) is 60.0 Å². The fourth-order valence-electron chi connectivity index (χ4n) is 5.59. The van der Waals surface area contributed by atoms with E-state index < -0.39 is 12.9 Å². The van der Waals surface area contributed by atoms with Gasteiger partial charge in [0.25, 0.3) is 0 Å². The van der Waals surface area contributed by atoms with E-state index in [1.165, 1.54) is 164 Å². The van der Waals surface area contributed by atoms with Gasteiger partial charge in [-0.25, -0.2) is 0 Å². The summed E-state index contributed by atoms with van der Waals surface area (Å²) in [6, 6.07) is 3.31. The zero-order valence-corrected chi connectivity index (χ0v) is 31.0. The summed E-state index contributed by atoms with van der Waals surface area (Å²) in [5.41, 5.74) is -2.56. The summed E-state index contributed by atoms with van der Waals surface area (Å²) < 4.78 is 6.53. The molecule has 0 rings (SSSR count). The Morgan fingerprint density at radius 2 is 0.622 bits per heavy atom. The van der Waals surface area contributed by atoms with Gasteiger partial charge in [0.2, 0.25) is 0 Å². The van der Waals surface area contributed by atoms with Crippen molar-refractivity contribution in [3.63, 3.8) is 0 Å². The van der Waals surface area contributed by atoms with E-state index in [0.717, 1.165) is 18.2 Å². The molecule has 0 saturated heterocycles. The van der Waals surface area contributed by atoms with Gasteiger partial charge >= 0.3 is 5.60 Å². The second-order valence-electron chi connectivity index (χ2n) is 12.7. The highest BCUT2D eigenvalue weighted by Gasteiger charge is 2.29. The first-order chi connectivity index (χ1) is 21.6. The van der Waals surface area contributed by atoms with Crippen LogP contribution in [-0.2, 0) is 4.65 Å². The molecule has 0 aliphatic rings. The first-order valence-electron chi connectivity index (χ1n) is 18.5. The normalized spacial score (nSPS) is 11.3. The molecule has 0 aromatic rings. The molecule has 0 fully saturated rings. The van der Waals surface area contributed by atoms with Gasteiger partial charge in [-0.15, -0.1) is 0 Å². The minimum atomic E-state index is -2.81. The highest BCUT2D eigenvalue weighted by atomic mass is 16.6. The summed E-state index contributed by atoms with van der Waals surface area (Å²) in [7, 11) is -2.81. The smallest absolute Gasteiger partial charge is 0.313 e. The van der Waals surface area contributed by atoms with Crippen molar-refractivity contribution in [2.45, 2.75) is 164 Å². The van der Waals surface area contributed by atoms with Crippen LogP contribution >= 0.6 is 0 Å². The molecular formula is C36H72BN5O3. The average molecular weight is 634 g/mol. The third-order valence-corrected chi connectivity index (χ3v) is 8.63. The molecule has 8 nitrogen and oxygen atoms in total. The summed E-state index contributed by atoms with van der Waals surface area (Å²) in [6.45, 7) is 30.0. The van der Waals surface area contributed by atoms with Crippen molar-refractivity contribution < 1.29 is 23.7 Å². The number of rotatable bonds is 26.